The largest absolute Gasteiger partial charge is 0.493 e. The zero-order valence-electron chi connectivity index (χ0n) is 8.59. The Morgan fingerprint density at radius 3 is 2.80 bits per heavy atom. The van der Waals surface area contributed by atoms with Crippen LogP contribution in [0.3, 0.4) is 0 Å². The highest BCUT2D eigenvalue weighted by Gasteiger charge is 2.17. The van der Waals surface area contributed by atoms with Crippen molar-refractivity contribution in [1.82, 2.24) is 0 Å². The summed E-state index contributed by atoms with van der Waals surface area (Å²) < 4.78 is 18.1. The quantitative estimate of drug-likeness (QED) is 0.623. The highest BCUT2D eigenvalue weighted by molar-refractivity contribution is 9.10. The van der Waals surface area contributed by atoms with E-state index in [-0.39, 0.29) is 10.6 Å². The first kappa shape index (κ1) is 12.2. The van der Waals surface area contributed by atoms with Crippen LogP contribution < -0.4 is 4.74 Å². The third kappa shape index (κ3) is 3.02. The van der Waals surface area contributed by atoms with Crippen molar-refractivity contribution in [2.75, 3.05) is 6.61 Å². The average molecular weight is 275 g/mol. The fourth-order valence-electron chi connectivity index (χ4n) is 1.19. The molecule has 0 aliphatic rings. The Kier molecular flexibility index (Phi) is 4.27. The summed E-state index contributed by atoms with van der Waals surface area (Å²) in [5.74, 6) is -0.218. The lowest BCUT2D eigenvalue weighted by Gasteiger charge is -2.10. The molecule has 2 nitrogen and oxygen atoms in total. The highest BCUT2D eigenvalue weighted by Crippen LogP contribution is 2.23. The van der Waals surface area contributed by atoms with Crippen LogP contribution in [0.25, 0.3) is 0 Å². The Labute approximate surface area is 96.6 Å². The lowest BCUT2D eigenvalue weighted by molar-refractivity contribution is 0.0992. The van der Waals surface area contributed by atoms with Crippen LogP contribution in [0.4, 0.5) is 4.39 Å². The van der Waals surface area contributed by atoms with Gasteiger partial charge in [-0.1, -0.05) is 15.9 Å². The van der Waals surface area contributed by atoms with E-state index >= 15 is 0 Å². The summed E-state index contributed by atoms with van der Waals surface area (Å²) in [6.07, 6.45) is 0. The predicted molar refractivity (Wildman–Crippen MR) is 60.3 cm³/mol. The number of ether oxygens (including phenoxy) is 1. The first-order chi connectivity index (χ1) is 7.06. The molecule has 0 saturated heterocycles. The number of carbonyl (C=O) groups is 1. The van der Waals surface area contributed by atoms with Gasteiger partial charge in [0, 0.05) is 6.07 Å². The van der Waals surface area contributed by atoms with E-state index in [0.717, 1.165) is 0 Å². The van der Waals surface area contributed by atoms with Crippen LogP contribution in [0.15, 0.2) is 18.2 Å². The molecule has 1 unspecified atom stereocenters. The van der Waals surface area contributed by atoms with Gasteiger partial charge in [-0.05, 0) is 26.0 Å². The first-order valence-corrected chi connectivity index (χ1v) is 5.58. The molecule has 1 aromatic carbocycles. The number of ketones is 1. The molecule has 1 aromatic rings. The van der Waals surface area contributed by atoms with E-state index in [9.17, 15) is 9.18 Å². The highest BCUT2D eigenvalue weighted by atomic mass is 79.9. The van der Waals surface area contributed by atoms with Crippen molar-refractivity contribution in [3.8, 4) is 5.75 Å². The van der Waals surface area contributed by atoms with Gasteiger partial charge in [-0.2, -0.15) is 0 Å². The summed E-state index contributed by atoms with van der Waals surface area (Å²) in [6, 6.07) is 3.93. The zero-order chi connectivity index (χ0) is 11.4. The van der Waals surface area contributed by atoms with Gasteiger partial charge < -0.3 is 4.74 Å². The van der Waals surface area contributed by atoms with Gasteiger partial charge in [0.15, 0.2) is 5.78 Å². The number of alkyl halides is 1. The maximum absolute atomic E-state index is 12.9. The van der Waals surface area contributed by atoms with Crippen molar-refractivity contribution >= 4 is 21.7 Å². The molecular weight excluding hydrogens is 263 g/mol. The predicted octanol–water partition coefficient (Wildman–Crippen LogP) is 3.19. The average Bonchev–Trinajstić information content (AvgIpc) is 2.17. The van der Waals surface area contributed by atoms with Crippen molar-refractivity contribution < 1.29 is 13.9 Å². The topological polar surface area (TPSA) is 26.3 Å². The number of carbonyl (C=O) groups excluding carboxylic acids is 1. The van der Waals surface area contributed by atoms with Crippen LogP contribution in [0, 0.1) is 5.82 Å². The third-order valence-corrected chi connectivity index (χ3v) is 2.29. The van der Waals surface area contributed by atoms with Gasteiger partial charge in [-0.15, -0.1) is 0 Å². The van der Waals surface area contributed by atoms with Crippen LogP contribution in [-0.4, -0.2) is 17.2 Å². The molecule has 0 aliphatic carbocycles. The summed E-state index contributed by atoms with van der Waals surface area (Å²) in [5.41, 5.74) is 0.405. The normalized spacial score (nSPS) is 12.3. The van der Waals surface area contributed by atoms with Gasteiger partial charge in [0.1, 0.15) is 11.6 Å². The van der Waals surface area contributed by atoms with Crippen molar-refractivity contribution in [3.63, 3.8) is 0 Å². The van der Waals surface area contributed by atoms with Crippen LogP contribution in [0.2, 0.25) is 0 Å². The second kappa shape index (κ2) is 5.26. The molecule has 0 N–H and O–H groups in total. The molecule has 0 heterocycles. The molecule has 0 radical (unpaired) electrons. The number of hydrogen-bond acceptors (Lipinski definition) is 2. The molecule has 1 rings (SSSR count). The molecule has 1 atom stereocenters. The van der Waals surface area contributed by atoms with Crippen LogP contribution >= 0.6 is 15.9 Å². The van der Waals surface area contributed by atoms with E-state index in [1.807, 2.05) is 0 Å². The van der Waals surface area contributed by atoms with E-state index < -0.39 is 5.82 Å². The Bertz CT molecular complexity index is 364. The molecule has 0 saturated carbocycles. The van der Waals surface area contributed by atoms with E-state index in [4.69, 9.17) is 4.74 Å². The fourth-order valence-corrected chi connectivity index (χ4v) is 1.44. The zero-order valence-corrected chi connectivity index (χ0v) is 10.2. The SMILES string of the molecule is CCOc1cc(F)ccc1C(=O)C(C)Br. The van der Waals surface area contributed by atoms with E-state index in [2.05, 4.69) is 15.9 Å². The summed E-state index contributed by atoms with van der Waals surface area (Å²) >= 11 is 3.18. The Morgan fingerprint density at radius 1 is 1.60 bits per heavy atom. The van der Waals surface area contributed by atoms with Gasteiger partial charge in [0.2, 0.25) is 0 Å². The Morgan fingerprint density at radius 2 is 2.27 bits per heavy atom. The lowest BCUT2D eigenvalue weighted by atomic mass is 10.1. The molecule has 0 aromatic heterocycles. The van der Waals surface area contributed by atoms with Crippen molar-refractivity contribution in [2.24, 2.45) is 0 Å². The van der Waals surface area contributed by atoms with E-state index in [1.54, 1.807) is 13.8 Å². The number of Topliss-reactive ketones (excluding diaryl/α,β-unsaturated/α-hetero) is 1. The van der Waals surface area contributed by atoms with Crippen molar-refractivity contribution in [2.45, 2.75) is 18.7 Å². The minimum absolute atomic E-state index is 0.113. The molecule has 4 heteroatoms. The minimum Gasteiger partial charge on any atom is -0.493 e. The van der Waals surface area contributed by atoms with Gasteiger partial charge in [0.25, 0.3) is 0 Å². The van der Waals surface area contributed by atoms with Gasteiger partial charge in [-0.3, -0.25) is 4.79 Å². The lowest BCUT2D eigenvalue weighted by Crippen LogP contribution is -2.12. The third-order valence-electron chi connectivity index (χ3n) is 1.87. The molecule has 15 heavy (non-hydrogen) atoms. The maximum Gasteiger partial charge on any atom is 0.179 e. The Hall–Kier alpha value is -0.900. The second-order valence-electron chi connectivity index (χ2n) is 3.05. The summed E-state index contributed by atoms with van der Waals surface area (Å²) in [5, 5.41) is 0. The molecule has 0 aliphatic heterocycles. The minimum atomic E-state index is -0.405. The van der Waals surface area contributed by atoms with Crippen molar-refractivity contribution in [3.05, 3.63) is 29.6 Å². The monoisotopic (exact) mass is 274 g/mol. The summed E-state index contributed by atoms with van der Waals surface area (Å²) in [4.78, 5) is 11.4. The smallest absolute Gasteiger partial charge is 0.179 e. The molecule has 0 fully saturated rings. The number of halogens is 2. The number of benzene rings is 1. The molecule has 0 amide bonds. The first-order valence-electron chi connectivity index (χ1n) is 4.67. The van der Waals surface area contributed by atoms with Crippen LogP contribution in [0.1, 0.15) is 24.2 Å². The number of hydrogen-bond donors (Lipinski definition) is 0. The molecule has 0 bridgehead atoms. The van der Waals surface area contributed by atoms with E-state index in [0.29, 0.717) is 17.9 Å². The summed E-state index contributed by atoms with van der Waals surface area (Å²) in [7, 11) is 0. The summed E-state index contributed by atoms with van der Waals surface area (Å²) in [6.45, 7) is 3.92. The molecule has 82 valence electrons. The van der Waals surface area contributed by atoms with Gasteiger partial charge in [-0.25, -0.2) is 4.39 Å². The van der Waals surface area contributed by atoms with Gasteiger partial charge >= 0.3 is 0 Å². The molecular formula is C11H12BrFO2. The Balaban J connectivity index is 3.10. The molecule has 0 spiro atoms. The second-order valence-corrected chi connectivity index (χ2v) is 4.43. The van der Waals surface area contributed by atoms with Crippen LogP contribution in [0.5, 0.6) is 5.75 Å². The van der Waals surface area contributed by atoms with Gasteiger partial charge in [0.05, 0.1) is 17.0 Å². The number of rotatable bonds is 4. The maximum atomic E-state index is 12.9. The fraction of sp³-hybridized carbons (Fsp3) is 0.364. The standard InChI is InChI=1S/C11H12BrFO2/c1-3-15-10-6-8(13)4-5-9(10)11(14)7(2)12/h4-7H,3H2,1-2H3. The van der Waals surface area contributed by atoms with Crippen LogP contribution in [-0.2, 0) is 0 Å². The van der Waals surface area contributed by atoms with Crippen molar-refractivity contribution in [1.29, 1.82) is 0 Å². The van der Waals surface area contributed by atoms with E-state index in [1.165, 1.54) is 18.2 Å².